The Kier molecular flexibility index (Phi) is 7.52. The fourth-order valence-corrected chi connectivity index (χ4v) is 3.40. The number of nitrogens with one attached hydrogen (secondary N) is 1. The van der Waals surface area contributed by atoms with E-state index < -0.39 is 0 Å². The maximum absolute atomic E-state index is 12.6. The molecule has 1 heterocycles. The fourth-order valence-electron chi connectivity index (χ4n) is 3.40. The summed E-state index contributed by atoms with van der Waals surface area (Å²) in [7, 11) is 0. The SMILES string of the molecule is CCNC(C)C1CCCCN1C(C)C(=O)N(CC)CC. The van der Waals surface area contributed by atoms with Gasteiger partial charge in [0.25, 0.3) is 0 Å². The Morgan fingerprint density at radius 1 is 1.25 bits per heavy atom. The Labute approximate surface area is 124 Å². The van der Waals surface area contributed by atoms with Crippen molar-refractivity contribution >= 4 is 5.91 Å². The van der Waals surface area contributed by atoms with Crippen molar-refractivity contribution in [3.05, 3.63) is 0 Å². The second kappa shape index (κ2) is 8.63. The molecule has 4 heteroatoms. The normalized spacial score (nSPS) is 23.4. The van der Waals surface area contributed by atoms with Crippen LogP contribution < -0.4 is 5.32 Å². The Bertz CT molecular complexity index is 291. The quantitative estimate of drug-likeness (QED) is 0.777. The molecule has 0 spiro atoms. The molecule has 3 unspecified atom stereocenters. The van der Waals surface area contributed by atoms with Gasteiger partial charge in [0.1, 0.15) is 0 Å². The van der Waals surface area contributed by atoms with E-state index in [0.717, 1.165) is 26.2 Å². The highest BCUT2D eigenvalue weighted by molar-refractivity contribution is 5.81. The Hall–Kier alpha value is -0.610. The van der Waals surface area contributed by atoms with Crippen LogP contribution in [0.1, 0.15) is 53.9 Å². The maximum atomic E-state index is 12.6. The summed E-state index contributed by atoms with van der Waals surface area (Å²) in [5.74, 6) is 0.283. The molecular formula is C16H33N3O. The van der Waals surface area contributed by atoms with E-state index in [-0.39, 0.29) is 11.9 Å². The molecule has 1 amide bonds. The molecule has 0 saturated carbocycles. The van der Waals surface area contributed by atoms with Crippen LogP contribution in [0, 0.1) is 0 Å². The van der Waals surface area contributed by atoms with Gasteiger partial charge in [0.05, 0.1) is 6.04 Å². The van der Waals surface area contributed by atoms with Gasteiger partial charge in [0.15, 0.2) is 0 Å². The highest BCUT2D eigenvalue weighted by Gasteiger charge is 2.34. The third-order valence-electron chi connectivity index (χ3n) is 4.63. The van der Waals surface area contributed by atoms with Gasteiger partial charge >= 0.3 is 0 Å². The lowest BCUT2D eigenvalue weighted by molar-refractivity contribution is -0.137. The topological polar surface area (TPSA) is 35.6 Å². The summed E-state index contributed by atoms with van der Waals surface area (Å²) < 4.78 is 0. The summed E-state index contributed by atoms with van der Waals surface area (Å²) >= 11 is 0. The zero-order valence-electron chi connectivity index (χ0n) is 14.0. The first-order valence-corrected chi connectivity index (χ1v) is 8.34. The smallest absolute Gasteiger partial charge is 0.239 e. The predicted octanol–water partition coefficient (Wildman–Crippen LogP) is 2.10. The molecule has 1 N–H and O–H groups in total. The number of carbonyl (C=O) groups is 1. The summed E-state index contributed by atoms with van der Waals surface area (Å²) in [6.07, 6.45) is 3.69. The van der Waals surface area contributed by atoms with Gasteiger partial charge in [-0.25, -0.2) is 0 Å². The van der Waals surface area contributed by atoms with E-state index in [1.807, 2.05) is 4.90 Å². The number of hydrogen-bond donors (Lipinski definition) is 1. The minimum atomic E-state index is 0.00121. The van der Waals surface area contributed by atoms with Crippen molar-refractivity contribution < 1.29 is 4.79 Å². The van der Waals surface area contributed by atoms with Crippen LogP contribution in [-0.4, -0.2) is 60.0 Å². The average Bonchev–Trinajstić information content (AvgIpc) is 2.47. The standard InChI is InChI=1S/C16H33N3O/c1-6-17-13(4)15-11-9-10-12-19(15)14(5)16(20)18(7-2)8-3/h13-15,17H,6-12H2,1-5H3. The van der Waals surface area contributed by atoms with Crippen LogP contribution in [-0.2, 0) is 4.79 Å². The molecule has 0 aromatic heterocycles. The Morgan fingerprint density at radius 3 is 2.45 bits per heavy atom. The van der Waals surface area contributed by atoms with E-state index >= 15 is 0 Å². The van der Waals surface area contributed by atoms with Crippen LogP contribution in [0.25, 0.3) is 0 Å². The lowest BCUT2D eigenvalue weighted by Crippen LogP contribution is -2.58. The van der Waals surface area contributed by atoms with Gasteiger partial charge in [-0.2, -0.15) is 0 Å². The second-order valence-corrected chi connectivity index (χ2v) is 5.83. The highest BCUT2D eigenvalue weighted by Crippen LogP contribution is 2.23. The molecule has 1 aliphatic heterocycles. The van der Waals surface area contributed by atoms with Crippen molar-refractivity contribution in [3.8, 4) is 0 Å². The largest absolute Gasteiger partial charge is 0.342 e. The zero-order valence-corrected chi connectivity index (χ0v) is 14.0. The van der Waals surface area contributed by atoms with Gasteiger partial charge < -0.3 is 10.2 Å². The van der Waals surface area contributed by atoms with Gasteiger partial charge in [0, 0.05) is 25.2 Å². The van der Waals surface area contributed by atoms with Crippen molar-refractivity contribution in [2.75, 3.05) is 26.2 Å². The number of likely N-dealkylation sites (N-methyl/N-ethyl adjacent to an activating group) is 2. The molecule has 0 radical (unpaired) electrons. The molecule has 0 bridgehead atoms. The van der Waals surface area contributed by atoms with Crippen LogP contribution in [0.15, 0.2) is 0 Å². The number of rotatable bonds is 7. The van der Waals surface area contributed by atoms with Gasteiger partial charge in [-0.3, -0.25) is 9.69 Å². The summed E-state index contributed by atoms with van der Waals surface area (Å²) in [5.41, 5.74) is 0. The number of likely N-dealkylation sites (tertiary alicyclic amines) is 1. The Balaban J connectivity index is 2.75. The first-order chi connectivity index (χ1) is 9.56. The van der Waals surface area contributed by atoms with E-state index in [9.17, 15) is 4.79 Å². The summed E-state index contributed by atoms with van der Waals surface area (Å²) in [6.45, 7) is 14.2. The van der Waals surface area contributed by atoms with Crippen LogP contribution in [0.5, 0.6) is 0 Å². The van der Waals surface area contributed by atoms with Crippen molar-refractivity contribution in [2.24, 2.45) is 0 Å². The molecule has 0 aliphatic carbocycles. The summed E-state index contributed by atoms with van der Waals surface area (Å²) in [5, 5.41) is 3.53. The maximum Gasteiger partial charge on any atom is 0.239 e. The van der Waals surface area contributed by atoms with Gasteiger partial charge in [-0.1, -0.05) is 13.3 Å². The van der Waals surface area contributed by atoms with E-state index in [0.29, 0.717) is 12.1 Å². The minimum absolute atomic E-state index is 0.00121. The lowest BCUT2D eigenvalue weighted by Gasteiger charge is -2.43. The molecule has 1 saturated heterocycles. The van der Waals surface area contributed by atoms with Crippen LogP contribution in [0.4, 0.5) is 0 Å². The molecule has 3 atom stereocenters. The number of hydrogen-bond acceptors (Lipinski definition) is 3. The average molecular weight is 283 g/mol. The van der Waals surface area contributed by atoms with Crippen molar-refractivity contribution in [2.45, 2.75) is 72.0 Å². The first kappa shape index (κ1) is 17.4. The number of nitrogens with zero attached hydrogens (tertiary/aromatic N) is 2. The van der Waals surface area contributed by atoms with Crippen molar-refractivity contribution in [1.29, 1.82) is 0 Å². The van der Waals surface area contributed by atoms with Crippen molar-refractivity contribution in [1.82, 2.24) is 15.1 Å². The van der Waals surface area contributed by atoms with Crippen LogP contribution in [0.2, 0.25) is 0 Å². The second-order valence-electron chi connectivity index (χ2n) is 5.83. The minimum Gasteiger partial charge on any atom is -0.342 e. The monoisotopic (exact) mass is 283 g/mol. The van der Waals surface area contributed by atoms with E-state index in [1.54, 1.807) is 0 Å². The molecule has 0 aromatic carbocycles. The third kappa shape index (κ3) is 4.19. The number of amides is 1. The van der Waals surface area contributed by atoms with Gasteiger partial charge in [0.2, 0.25) is 5.91 Å². The van der Waals surface area contributed by atoms with Gasteiger partial charge in [-0.05, 0) is 53.6 Å². The van der Waals surface area contributed by atoms with E-state index in [1.165, 1.54) is 19.3 Å². The van der Waals surface area contributed by atoms with Crippen LogP contribution >= 0.6 is 0 Å². The molecule has 1 fully saturated rings. The molecular weight excluding hydrogens is 250 g/mol. The number of carbonyl (C=O) groups excluding carboxylic acids is 1. The predicted molar refractivity (Wildman–Crippen MR) is 84.9 cm³/mol. The molecule has 4 nitrogen and oxygen atoms in total. The summed E-state index contributed by atoms with van der Waals surface area (Å²) in [6, 6.07) is 0.937. The molecule has 0 aromatic rings. The third-order valence-corrected chi connectivity index (χ3v) is 4.63. The fraction of sp³-hybridized carbons (Fsp3) is 0.938. The molecule has 118 valence electrons. The zero-order chi connectivity index (χ0) is 15.1. The first-order valence-electron chi connectivity index (χ1n) is 8.34. The van der Waals surface area contributed by atoms with Crippen molar-refractivity contribution in [3.63, 3.8) is 0 Å². The van der Waals surface area contributed by atoms with E-state index in [2.05, 4.69) is 44.8 Å². The molecule has 1 aliphatic rings. The lowest BCUT2D eigenvalue weighted by atomic mass is 9.94. The van der Waals surface area contributed by atoms with E-state index in [4.69, 9.17) is 0 Å². The Morgan fingerprint density at radius 2 is 1.90 bits per heavy atom. The van der Waals surface area contributed by atoms with Gasteiger partial charge in [-0.15, -0.1) is 0 Å². The highest BCUT2D eigenvalue weighted by atomic mass is 16.2. The number of piperidine rings is 1. The van der Waals surface area contributed by atoms with Crippen LogP contribution in [0.3, 0.4) is 0 Å². The molecule has 20 heavy (non-hydrogen) atoms. The molecule has 1 rings (SSSR count). The summed E-state index contributed by atoms with van der Waals surface area (Å²) in [4.78, 5) is 17.0.